The van der Waals surface area contributed by atoms with E-state index in [4.69, 9.17) is 4.74 Å². The maximum atomic E-state index is 11.8. The van der Waals surface area contributed by atoms with Gasteiger partial charge in [0.25, 0.3) is 0 Å². The summed E-state index contributed by atoms with van der Waals surface area (Å²) in [6, 6.07) is 8.11. The molecule has 0 aromatic heterocycles. The van der Waals surface area contributed by atoms with E-state index in [1.807, 2.05) is 23.1 Å². The molecule has 2 aliphatic heterocycles. The molecule has 2 atom stereocenters. The Morgan fingerprint density at radius 2 is 2.30 bits per heavy atom. The summed E-state index contributed by atoms with van der Waals surface area (Å²) >= 11 is 0. The Hall–Kier alpha value is -1.55. The fraction of sp³-hybridized carbons (Fsp3) is 0.562. The standard InChI is InChI=1S/C16H22N2O2/c1-12-7-8-15(20-12)11-17-13-4-2-5-14(10-13)18-9-3-6-16(18)19/h2,4-5,10,12,15,17H,3,6-9,11H2,1H3. The molecule has 3 rings (SSSR count). The van der Waals surface area contributed by atoms with E-state index in [0.717, 1.165) is 43.7 Å². The number of amides is 1. The number of ether oxygens (including phenoxy) is 1. The van der Waals surface area contributed by atoms with Crippen LogP contribution in [0.3, 0.4) is 0 Å². The van der Waals surface area contributed by atoms with Crippen molar-refractivity contribution < 1.29 is 9.53 Å². The molecule has 4 heteroatoms. The predicted molar refractivity (Wildman–Crippen MR) is 80.1 cm³/mol. The summed E-state index contributed by atoms with van der Waals surface area (Å²) in [7, 11) is 0. The van der Waals surface area contributed by atoms with Gasteiger partial charge in [0.15, 0.2) is 0 Å². The van der Waals surface area contributed by atoms with Crippen molar-refractivity contribution in [3.05, 3.63) is 24.3 Å². The largest absolute Gasteiger partial charge is 0.382 e. The molecule has 4 nitrogen and oxygen atoms in total. The van der Waals surface area contributed by atoms with Gasteiger partial charge in [-0.15, -0.1) is 0 Å². The number of carbonyl (C=O) groups is 1. The Kier molecular flexibility index (Phi) is 3.92. The Bertz CT molecular complexity index is 489. The summed E-state index contributed by atoms with van der Waals surface area (Å²) in [6.07, 6.45) is 4.60. The van der Waals surface area contributed by atoms with Gasteiger partial charge in [-0.25, -0.2) is 0 Å². The normalized spacial score (nSPS) is 26.2. The Morgan fingerprint density at radius 1 is 1.40 bits per heavy atom. The summed E-state index contributed by atoms with van der Waals surface area (Å²) in [5.41, 5.74) is 2.06. The van der Waals surface area contributed by atoms with Crippen molar-refractivity contribution in [1.82, 2.24) is 0 Å². The molecule has 0 saturated carbocycles. The van der Waals surface area contributed by atoms with Gasteiger partial charge in [-0.05, 0) is 44.4 Å². The van der Waals surface area contributed by atoms with Crippen LogP contribution >= 0.6 is 0 Å². The summed E-state index contributed by atoms with van der Waals surface area (Å²) in [4.78, 5) is 13.6. The molecule has 0 aliphatic carbocycles. The van der Waals surface area contributed by atoms with Gasteiger partial charge in [-0.1, -0.05) is 6.07 Å². The molecule has 2 heterocycles. The minimum absolute atomic E-state index is 0.232. The van der Waals surface area contributed by atoms with Crippen LogP contribution < -0.4 is 10.2 Å². The zero-order valence-electron chi connectivity index (χ0n) is 12.0. The molecule has 2 unspecified atom stereocenters. The first kappa shape index (κ1) is 13.4. The second-order valence-corrected chi connectivity index (χ2v) is 5.73. The lowest BCUT2D eigenvalue weighted by Crippen LogP contribution is -2.24. The monoisotopic (exact) mass is 274 g/mol. The maximum absolute atomic E-state index is 11.8. The molecule has 108 valence electrons. The molecule has 2 saturated heterocycles. The fourth-order valence-corrected chi connectivity index (χ4v) is 2.97. The van der Waals surface area contributed by atoms with E-state index in [1.165, 1.54) is 0 Å². The zero-order chi connectivity index (χ0) is 13.9. The maximum Gasteiger partial charge on any atom is 0.227 e. The van der Waals surface area contributed by atoms with Crippen molar-refractivity contribution in [3.63, 3.8) is 0 Å². The Morgan fingerprint density at radius 3 is 3.00 bits per heavy atom. The quantitative estimate of drug-likeness (QED) is 0.918. The van der Waals surface area contributed by atoms with Gasteiger partial charge in [-0.2, -0.15) is 0 Å². The van der Waals surface area contributed by atoms with E-state index in [1.54, 1.807) is 0 Å². The van der Waals surface area contributed by atoms with Crippen molar-refractivity contribution in [2.24, 2.45) is 0 Å². The van der Waals surface area contributed by atoms with Gasteiger partial charge in [0.2, 0.25) is 5.91 Å². The molecule has 0 spiro atoms. The smallest absolute Gasteiger partial charge is 0.227 e. The highest BCUT2D eigenvalue weighted by atomic mass is 16.5. The SMILES string of the molecule is CC1CCC(CNc2cccc(N3CCCC3=O)c2)O1. The van der Waals surface area contributed by atoms with Crippen LogP contribution in [-0.4, -0.2) is 31.2 Å². The first-order valence-corrected chi connectivity index (χ1v) is 7.52. The highest BCUT2D eigenvalue weighted by molar-refractivity contribution is 5.95. The fourth-order valence-electron chi connectivity index (χ4n) is 2.97. The third-order valence-electron chi connectivity index (χ3n) is 4.09. The highest BCUT2D eigenvalue weighted by Gasteiger charge is 2.23. The number of hydrogen-bond donors (Lipinski definition) is 1. The van der Waals surface area contributed by atoms with Crippen LogP contribution in [0.4, 0.5) is 11.4 Å². The van der Waals surface area contributed by atoms with Gasteiger partial charge < -0.3 is 15.0 Å². The third kappa shape index (κ3) is 2.96. The van der Waals surface area contributed by atoms with Crippen LogP contribution in [0.5, 0.6) is 0 Å². The van der Waals surface area contributed by atoms with Crippen molar-refractivity contribution in [2.45, 2.75) is 44.8 Å². The van der Waals surface area contributed by atoms with E-state index < -0.39 is 0 Å². The van der Waals surface area contributed by atoms with E-state index in [-0.39, 0.29) is 5.91 Å². The second kappa shape index (κ2) is 5.83. The summed E-state index contributed by atoms with van der Waals surface area (Å²) < 4.78 is 5.80. The van der Waals surface area contributed by atoms with Gasteiger partial charge in [0, 0.05) is 30.9 Å². The van der Waals surface area contributed by atoms with E-state index in [2.05, 4.69) is 18.3 Å². The van der Waals surface area contributed by atoms with Crippen molar-refractivity contribution in [3.8, 4) is 0 Å². The zero-order valence-corrected chi connectivity index (χ0v) is 12.0. The van der Waals surface area contributed by atoms with Crippen molar-refractivity contribution in [1.29, 1.82) is 0 Å². The molecular weight excluding hydrogens is 252 g/mol. The number of carbonyl (C=O) groups excluding carboxylic acids is 1. The molecular formula is C16H22N2O2. The predicted octanol–water partition coefficient (Wildman–Crippen LogP) is 2.79. The minimum Gasteiger partial charge on any atom is -0.382 e. The topological polar surface area (TPSA) is 41.6 Å². The molecule has 0 bridgehead atoms. The third-order valence-corrected chi connectivity index (χ3v) is 4.09. The molecule has 2 fully saturated rings. The number of anilines is 2. The van der Waals surface area contributed by atoms with Crippen LogP contribution in [0.15, 0.2) is 24.3 Å². The molecule has 20 heavy (non-hydrogen) atoms. The molecule has 1 amide bonds. The van der Waals surface area contributed by atoms with Gasteiger partial charge in [-0.3, -0.25) is 4.79 Å². The van der Waals surface area contributed by atoms with E-state index >= 15 is 0 Å². The Labute approximate surface area is 120 Å². The average Bonchev–Trinajstić information content (AvgIpc) is 3.05. The van der Waals surface area contributed by atoms with E-state index in [0.29, 0.717) is 18.6 Å². The number of rotatable bonds is 4. The van der Waals surface area contributed by atoms with Crippen LogP contribution in [0.2, 0.25) is 0 Å². The molecule has 1 aromatic rings. The number of nitrogens with one attached hydrogen (secondary N) is 1. The van der Waals surface area contributed by atoms with Crippen LogP contribution in [0, 0.1) is 0 Å². The van der Waals surface area contributed by atoms with Gasteiger partial charge >= 0.3 is 0 Å². The number of nitrogens with zero attached hydrogens (tertiary/aromatic N) is 1. The number of benzene rings is 1. The first-order valence-electron chi connectivity index (χ1n) is 7.52. The summed E-state index contributed by atoms with van der Waals surface area (Å²) in [6.45, 7) is 3.80. The highest BCUT2D eigenvalue weighted by Crippen LogP contribution is 2.25. The van der Waals surface area contributed by atoms with Crippen molar-refractivity contribution >= 4 is 17.3 Å². The first-order chi connectivity index (χ1) is 9.72. The Balaban J connectivity index is 1.61. The summed E-state index contributed by atoms with van der Waals surface area (Å²) in [5.74, 6) is 0.232. The molecule has 2 aliphatic rings. The van der Waals surface area contributed by atoms with Crippen LogP contribution in [0.25, 0.3) is 0 Å². The lowest BCUT2D eigenvalue weighted by Gasteiger charge is -2.18. The van der Waals surface area contributed by atoms with Crippen molar-refractivity contribution in [2.75, 3.05) is 23.3 Å². The number of hydrogen-bond acceptors (Lipinski definition) is 3. The van der Waals surface area contributed by atoms with Gasteiger partial charge in [0.05, 0.1) is 12.2 Å². The van der Waals surface area contributed by atoms with E-state index in [9.17, 15) is 4.79 Å². The molecule has 1 aromatic carbocycles. The molecule has 0 radical (unpaired) electrons. The lowest BCUT2D eigenvalue weighted by atomic mass is 10.2. The summed E-state index contributed by atoms with van der Waals surface area (Å²) in [5, 5.41) is 3.42. The minimum atomic E-state index is 0.232. The lowest BCUT2D eigenvalue weighted by molar-refractivity contribution is -0.117. The van der Waals surface area contributed by atoms with Crippen LogP contribution in [-0.2, 0) is 9.53 Å². The second-order valence-electron chi connectivity index (χ2n) is 5.73. The van der Waals surface area contributed by atoms with Gasteiger partial charge in [0.1, 0.15) is 0 Å². The molecule has 1 N–H and O–H groups in total. The average molecular weight is 274 g/mol. The van der Waals surface area contributed by atoms with Crippen LogP contribution in [0.1, 0.15) is 32.6 Å².